The molecule has 3 aliphatic rings. The van der Waals surface area contributed by atoms with Gasteiger partial charge in [0.1, 0.15) is 5.70 Å². The third-order valence-corrected chi connectivity index (χ3v) is 9.80. The Morgan fingerprint density at radius 1 is 0.450 bits per heavy atom. The Labute approximate surface area is 323 Å². The molecular weight excluding hydrogens is 841 g/mol. The Kier molecular flexibility index (Phi) is 9.38. The number of nitrogens with one attached hydrogen (secondary N) is 2. The number of aliphatic imine (C=N–C) groups is 2. The van der Waals surface area contributed by atoms with Crippen LogP contribution in [0, 0.1) is 87.3 Å². The van der Waals surface area contributed by atoms with E-state index in [9.17, 15) is 30.7 Å². The van der Waals surface area contributed by atoms with Gasteiger partial charge in [-0.3, -0.25) is 4.99 Å². The number of aromatic nitrogens is 2. The van der Waals surface area contributed by atoms with Gasteiger partial charge in [0.2, 0.25) is 23.2 Å². The summed E-state index contributed by atoms with van der Waals surface area (Å²) in [5, 5.41) is -0.669. The topological polar surface area (TPSA) is 74.8 Å². The van der Waals surface area contributed by atoms with E-state index in [0.29, 0.717) is 6.21 Å². The highest BCUT2D eigenvalue weighted by atomic mass is 19.2. The van der Waals surface area contributed by atoms with Crippen molar-refractivity contribution in [2.45, 2.75) is 5.79 Å². The number of benzene rings is 3. The summed E-state index contributed by atoms with van der Waals surface area (Å²) in [5.74, 6) is -40.4. The van der Waals surface area contributed by atoms with Gasteiger partial charge in [0.15, 0.2) is 69.8 Å². The predicted octanol–water partition coefficient (Wildman–Crippen LogP) is 8.10. The van der Waals surface area contributed by atoms with Crippen molar-refractivity contribution in [1.82, 2.24) is 9.97 Å². The number of methoxy groups -OCH3 is 2. The van der Waals surface area contributed by atoms with Crippen molar-refractivity contribution in [2.24, 2.45) is 9.98 Å². The molecule has 21 heteroatoms. The maximum atomic E-state index is 16.0. The van der Waals surface area contributed by atoms with Gasteiger partial charge in [0.25, 0.3) is 0 Å². The largest absolute Gasteiger partial charge is 0.354 e. The summed E-state index contributed by atoms with van der Waals surface area (Å²) >= 11 is 0. The van der Waals surface area contributed by atoms with E-state index in [1.54, 1.807) is 0 Å². The third kappa shape index (κ3) is 5.40. The van der Waals surface area contributed by atoms with Crippen molar-refractivity contribution >= 4 is 34.3 Å². The van der Waals surface area contributed by atoms with E-state index in [-0.39, 0.29) is 11.0 Å². The number of halogens is 15. The molecule has 3 aliphatic heterocycles. The third-order valence-electron chi connectivity index (χ3n) is 9.80. The molecule has 0 atom stereocenters. The standard InChI is InChI=1S/C39H15F15N4O2/c1-59-39(60-2)10-9-55-38(39)19(22-27(44)33(50)37(54)34(51)28(22)45)16-6-4-12(57-16)11-3-5-14(56-11)18(21-25(42)31(48)36(53)32(49)26(21)43)15-8-7-13(58-15)17(10)20-23(40)29(46)35(52)30(47)24(20)41/h3-9,56,58H,1-2H3. The second-order valence-electron chi connectivity index (χ2n) is 12.8. The van der Waals surface area contributed by atoms with Crippen molar-refractivity contribution in [2.75, 3.05) is 14.2 Å². The Morgan fingerprint density at radius 3 is 1.32 bits per heavy atom. The minimum absolute atomic E-state index is 0.179. The lowest BCUT2D eigenvalue weighted by atomic mass is 9.88. The first kappa shape index (κ1) is 40.2. The maximum absolute atomic E-state index is 16.0. The quantitative estimate of drug-likeness (QED) is 0.0813. The van der Waals surface area contributed by atoms with Gasteiger partial charge in [-0.25, -0.2) is 70.8 Å². The van der Waals surface area contributed by atoms with Crippen LogP contribution in [0.25, 0.3) is 22.4 Å². The number of hydrogen-bond acceptors (Lipinski definition) is 4. The summed E-state index contributed by atoms with van der Waals surface area (Å²) in [5.41, 5.74) is -12.7. The molecule has 0 aliphatic carbocycles. The van der Waals surface area contributed by atoms with Crippen molar-refractivity contribution < 1.29 is 75.3 Å². The summed E-state index contributed by atoms with van der Waals surface area (Å²) < 4.78 is 238. The molecule has 0 spiro atoms. The van der Waals surface area contributed by atoms with Crippen molar-refractivity contribution in [3.8, 4) is 0 Å². The molecule has 3 aromatic carbocycles. The monoisotopic (exact) mass is 856 g/mol. The number of hydrogen-bond donors (Lipinski definition) is 2. The van der Waals surface area contributed by atoms with Gasteiger partial charge in [0, 0.05) is 59.5 Å². The average molecular weight is 857 g/mol. The zero-order valence-electron chi connectivity index (χ0n) is 29.4. The second kappa shape index (κ2) is 14.0. The Bertz CT molecular complexity index is 2990. The molecule has 5 heterocycles. The highest BCUT2D eigenvalue weighted by molar-refractivity contribution is 6.33. The summed E-state index contributed by atoms with van der Waals surface area (Å²) in [4.78, 5) is 13.3. The van der Waals surface area contributed by atoms with E-state index >= 15 is 35.1 Å². The second-order valence-corrected chi connectivity index (χ2v) is 12.8. The van der Waals surface area contributed by atoms with Gasteiger partial charge < -0.3 is 19.4 Å². The van der Waals surface area contributed by atoms with Crippen LogP contribution in [0.3, 0.4) is 0 Å². The van der Waals surface area contributed by atoms with Crippen LogP contribution in [0.5, 0.6) is 0 Å². The summed E-state index contributed by atoms with van der Waals surface area (Å²) in [6.45, 7) is 0. The molecule has 6 nitrogen and oxygen atoms in total. The zero-order chi connectivity index (χ0) is 43.4. The smallest absolute Gasteiger partial charge is 0.242 e. The molecule has 5 aromatic rings. The maximum Gasteiger partial charge on any atom is 0.242 e. The first-order valence-corrected chi connectivity index (χ1v) is 16.5. The Balaban J connectivity index is 1.63. The fourth-order valence-electron chi connectivity index (χ4n) is 7.08. The van der Waals surface area contributed by atoms with Crippen molar-refractivity contribution in [3.05, 3.63) is 174 Å². The SMILES string of the molecule is COC1(OC)C2=C(c3c(F)c(F)c(F)c(F)c3F)c3ccc([nH]3)C(c3c(F)c(F)c(F)c(F)c3F)=c3ccc([nH]3)=C3C=CC(=N3)C(c3c(F)c(F)c(F)c(F)c3F)=C1N=C2. The highest BCUT2D eigenvalue weighted by Gasteiger charge is 2.50. The molecule has 60 heavy (non-hydrogen) atoms. The molecule has 0 saturated heterocycles. The first-order valence-electron chi connectivity index (χ1n) is 16.5. The van der Waals surface area contributed by atoms with Gasteiger partial charge in [-0.15, -0.1) is 0 Å². The molecule has 0 saturated carbocycles. The van der Waals surface area contributed by atoms with E-state index in [1.165, 1.54) is 0 Å². The van der Waals surface area contributed by atoms with E-state index in [0.717, 1.165) is 50.6 Å². The van der Waals surface area contributed by atoms with Gasteiger partial charge in [-0.1, -0.05) is 0 Å². The molecular formula is C39H15F15N4O2. The number of ether oxygens (including phenoxy) is 2. The molecule has 8 rings (SSSR count). The number of aromatic amines is 2. The lowest BCUT2D eigenvalue weighted by Gasteiger charge is -2.31. The molecule has 0 unspecified atom stereocenters. The normalized spacial score (nSPS) is 15.8. The van der Waals surface area contributed by atoms with Crippen LogP contribution in [0.1, 0.15) is 28.1 Å². The molecule has 0 amide bonds. The van der Waals surface area contributed by atoms with Gasteiger partial charge in [-0.05, 0) is 36.4 Å². The van der Waals surface area contributed by atoms with Crippen LogP contribution in [0.15, 0.2) is 57.7 Å². The summed E-state index contributed by atoms with van der Waals surface area (Å²) in [7, 11) is 1.52. The van der Waals surface area contributed by atoms with Crippen molar-refractivity contribution in [3.63, 3.8) is 0 Å². The van der Waals surface area contributed by atoms with Gasteiger partial charge in [-0.2, -0.15) is 0 Å². The fraction of sp³-hybridized carbons (Fsp3) is 0.0769. The van der Waals surface area contributed by atoms with Gasteiger partial charge in [0.05, 0.1) is 33.4 Å². The van der Waals surface area contributed by atoms with Crippen LogP contribution in [-0.4, -0.2) is 41.9 Å². The van der Waals surface area contributed by atoms with E-state index in [4.69, 9.17) is 9.47 Å². The first-order chi connectivity index (χ1) is 28.4. The van der Waals surface area contributed by atoms with Crippen LogP contribution in [0.2, 0.25) is 0 Å². The van der Waals surface area contributed by atoms with E-state index in [2.05, 4.69) is 20.0 Å². The minimum Gasteiger partial charge on any atom is -0.354 e. The highest BCUT2D eigenvalue weighted by Crippen LogP contribution is 2.48. The summed E-state index contributed by atoms with van der Waals surface area (Å²) in [6, 6.07) is 3.77. The number of allylic oxidation sites excluding steroid dienone is 2. The van der Waals surface area contributed by atoms with Crippen LogP contribution < -0.4 is 10.7 Å². The van der Waals surface area contributed by atoms with Crippen LogP contribution in [0.4, 0.5) is 65.9 Å². The van der Waals surface area contributed by atoms with Crippen molar-refractivity contribution in [1.29, 1.82) is 0 Å². The van der Waals surface area contributed by atoms with Crippen LogP contribution in [-0.2, 0) is 9.47 Å². The molecule has 0 radical (unpaired) electrons. The molecule has 0 fully saturated rings. The number of fused-ring (bicyclic) bond motifs is 7. The number of rotatable bonds is 5. The molecule has 2 N–H and O–H groups in total. The Morgan fingerprint density at radius 2 is 0.850 bits per heavy atom. The zero-order valence-corrected chi connectivity index (χ0v) is 29.4. The van der Waals surface area contributed by atoms with E-state index in [1.807, 2.05) is 0 Å². The van der Waals surface area contributed by atoms with Crippen LogP contribution >= 0.6 is 0 Å². The molecule has 8 bridgehead atoms. The predicted molar refractivity (Wildman–Crippen MR) is 179 cm³/mol. The van der Waals surface area contributed by atoms with Gasteiger partial charge >= 0.3 is 0 Å². The molecule has 2 aromatic heterocycles. The fourth-order valence-corrected chi connectivity index (χ4v) is 7.08. The minimum atomic E-state index is -3.00. The molecule has 308 valence electrons. The Hall–Kier alpha value is -6.61. The van der Waals surface area contributed by atoms with E-state index < -0.39 is 160 Å². The lowest BCUT2D eigenvalue weighted by Crippen LogP contribution is -2.37. The lowest BCUT2D eigenvalue weighted by molar-refractivity contribution is -0.143. The average Bonchev–Trinajstić information content (AvgIpc) is 4.08. The summed E-state index contributed by atoms with van der Waals surface area (Å²) in [6.07, 6.45) is 2.56. The number of H-pyrrole nitrogens is 2. The number of nitrogens with zero attached hydrogens (tertiary/aromatic N) is 2.